The summed E-state index contributed by atoms with van der Waals surface area (Å²) in [7, 11) is 0. The summed E-state index contributed by atoms with van der Waals surface area (Å²) in [5.41, 5.74) is 0.676. The fraction of sp³-hybridized carbons (Fsp3) is 0.542. The molecule has 2 aromatic rings. The van der Waals surface area contributed by atoms with Crippen molar-refractivity contribution in [3.63, 3.8) is 0 Å². The molecular weight excluding hydrogens is 334 g/mol. The molecule has 0 aliphatic heterocycles. The van der Waals surface area contributed by atoms with Crippen LogP contribution >= 0.6 is 0 Å². The molecule has 0 aliphatic carbocycles. The molecule has 0 saturated carbocycles. The van der Waals surface area contributed by atoms with Crippen LogP contribution in [0.2, 0.25) is 0 Å². The topological polar surface area (TPSA) is 49.3 Å². The highest BCUT2D eigenvalue weighted by Crippen LogP contribution is 2.23. The minimum Gasteiger partial charge on any atom is -0.508 e. The molecule has 2 aromatic carbocycles. The van der Waals surface area contributed by atoms with E-state index < -0.39 is 0 Å². The molecule has 0 saturated heterocycles. The number of carbonyl (C=O) groups is 1. The van der Waals surface area contributed by atoms with E-state index in [1.54, 1.807) is 12.1 Å². The summed E-state index contributed by atoms with van der Waals surface area (Å²) in [6, 6.07) is 10.7. The van der Waals surface area contributed by atoms with Gasteiger partial charge in [-0.3, -0.25) is 4.79 Å². The maximum absolute atomic E-state index is 12.5. The van der Waals surface area contributed by atoms with E-state index in [-0.39, 0.29) is 11.7 Å². The molecule has 1 amide bonds. The van der Waals surface area contributed by atoms with Crippen molar-refractivity contribution in [3.05, 3.63) is 42.0 Å². The molecule has 0 spiro atoms. The first kappa shape index (κ1) is 21.3. The van der Waals surface area contributed by atoms with Crippen LogP contribution in [0.5, 0.6) is 5.75 Å². The monoisotopic (exact) mass is 369 g/mol. The number of carbonyl (C=O) groups excluding carboxylic acids is 1. The van der Waals surface area contributed by atoms with E-state index in [2.05, 4.69) is 12.2 Å². The summed E-state index contributed by atoms with van der Waals surface area (Å²) < 4.78 is 0. The zero-order chi connectivity index (χ0) is 19.3. The van der Waals surface area contributed by atoms with E-state index in [9.17, 15) is 9.90 Å². The number of rotatable bonds is 13. The Kier molecular flexibility index (Phi) is 9.75. The fourth-order valence-corrected chi connectivity index (χ4v) is 3.56. The Labute approximate surface area is 164 Å². The lowest BCUT2D eigenvalue weighted by Crippen LogP contribution is -2.24. The van der Waals surface area contributed by atoms with Crippen molar-refractivity contribution in [1.29, 1.82) is 0 Å². The van der Waals surface area contributed by atoms with Crippen LogP contribution in [0.3, 0.4) is 0 Å². The van der Waals surface area contributed by atoms with Gasteiger partial charge in [0.25, 0.3) is 5.91 Å². The highest BCUT2D eigenvalue weighted by molar-refractivity contribution is 6.07. The van der Waals surface area contributed by atoms with Gasteiger partial charge in [-0.25, -0.2) is 0 Å². The van der Waals surface area contributed by atoms with Crippen LogP contribution in [-0.4, -0.2) is 17.6 Å². The standard InChI is InChI=1S/C24H35NO2/c1-2-3-4-5-6-7-8-9-10-11-12-18-25-24(27)23-15-13-14-20-19-21(26)16-17-22(20)23/h13-17,19,26H,2-12,18H2,1H3,(H,25,27). The first-order chi connectivity index (χ1) is 13.2. The molecule has 2 rings (SSSR count). The van der Waals surface area contributed by atoms with E-state index in [0.717, 1.165) is 23.7 Å². The maximum Gasteiger partial charge on any atom is 0.251 e. The number of phenolic OH excluding ortho intramolecular Hbond substituents is 1. The number of unbranched alkanes of at least 4 members (excludes halogenated alkanes) is 10. The summed E-state index contributed by atoms with van der Waals surface area (Å²) in [4.78, 5) is 12.5. The molecule has 0 heterocycles. The molecule has 0 fully saturated rings. The van der Waals surface area contributed by atoms with Gasteiger partial charge in [0.1, 0.15) is 5.75 Å². The summed E-state index contributed by atoms with van der Waals surface area (Å²) in [5, 5.41) is 14.4. The smallest absolute Gasteiger partial charge is 0.251 e. The molecular formula is C24H35NO2. The van der Waals surface area contributed by atoms with Crippen molar-refractivity contribution in [3.8, 4) is 5.75 Å². The van der Waals surface area contributed by atoms with Gasteiger partial charge in [0.15, 0.2) is 0 Å². The minimum atomic E-state index is -0.0293. The van der Waals surface area contributed by atoms with Crippen LogP contribution in [0.25, 0.3) is 10.8 Å². The van der Waals surface area contributed by atoms with Crippen LogP contribution in [0.4, 0.5) is 0 Å². The van der Waals surface area contributed by atoms with E-state index in [0.29, 0.717) is 5.56 Å². The van der Waals surface area contributed by atoms with Gasteiger partial charge in [0.05, 0.1) is 0 Å². The van der Waals surface area contributed by atoms with Gasteiger partial charge in [-0.1, -0.05) is 83.3 Å². The molecule has 0 radical (unpaired) electrons. The Balaban J connectivity index is 1.58. The van der Waals surface area contributed by atoms with Crippen molar-refractivity contribution in [2.24, 2.45) is 0 Å². The summed E-state index contributed by atoms with van der Waals surface area (Å²) in [6.07, 6.45) is 14.4. The first-order valence-electron chi connectivity index (χ1n) is 10.7. The SMILES string of the molecule is CCCCCCCCCCCCCNC(=O)c1cccc2cc(O)ccc12. The normalized spacial score (nSPS) is 11.0. The van der Waals surface area contributed by atoms with Crippen molar-refractivity contribution in [1.82, 2.24) is 5.32 Å². The van der Waals surface area contributed by atoms with Crippen molar-refractivity contribution in [2.75, 3.05) is 6.54 Å². The van der Waals surface area contributed by atoms with E-state index in [1.807, 2.05) is 24.3 Å². The molecule has 3 heteroatoms. The third kappa shape index (κ3) is 7.62. The lowest BCUT2D eigenvalue weighted by molar-refractivity contribution is 0.0954. The van der Waals surface area contributed by atoms with Crippen LogP contribution < -0.4 is 5.32 Å². The summed E-state index contributed by atoms with van der Waals surface area (Å²) >= 11 is 0. The van der Waals surface area contributed by atoms with Gasteiger partial charge in [-0.2, -0.15) is 0 Å². The summed E-state index contributed by atoms with van der Waals surface area (Å²) in [5.74, 6) is 0.194. The second-order valence-electron chi connectivity index (χ2n) is 7.50. The minimum absolute atomic E-state index is 0.0293. The molecule has 0 aromatic heterocycles. The van der Waals surface area contributed by atoms with Gasteiger partial charge in [0, 0.05) is 12.1 Å². The van der Waals surface area contributed by atoms with Crippen molar-refractivity contribution < 1.29 is 9.90 Å². The Morgan fingerprint density at radius 3 is 2.15 bits per heavy atom. The second kappa shape index (κ2) is 12.4. The van der Waals surface area contributed by atoms with Gasteiger partial charge < -0.3 is 10.4 Å². The van der Waals surface area contributed by atoms with Crippen LogP contribution in [-0.2, 0) is 0 Å². The average Bonchev–Trinajstić information content (AvgIpc) is 2.68. The van der Waals surface area contributed by atoms with E-state index >= 15 is 0 Å². The molecule has 3 nitrogen and oxygen atoms in total. The third-order valence-electron chi connectivity index (χ3n) is 5.17. The van der Waals surface area contributed by atoms with Crippen LogP contribution in [0.15, 0.2) is 36.4 Å². The van der Waals surface area contributed by atoms with Gasteiger partial charge >= 0.3 is 0 Å². The van der Waals surface area contributed by atoms with Gasteiger partial charge in [-0.05, 0) is 41.5 Å². The largest absolute Gasteiger partial charge is 0.508 e. The molecule has 27 heavy (non-hydrogen) atoms. The lowest BCUT2D eigenvalue weighted by atomic mass is 10.0. The number of fused-ring (bicyclic) bond motifs is 1. The Morgan fingerprint density at radius 2 is 1.48 bits per heavy atom. The predicted octanol–water partition coefficient (Wildman–Crippen LogP) is 6.59. The lowest BCUT2D eigenvalue weighted by Gasteiger charge is -2.08. The maximum atomic E-state index is 12.5. The predicted molar refractivity (Wildman–Crippen MR) is 114 cm³/mol. The number of nitrogens with one attached hydrogen (secondary N) is 1. The average molecular weight is 370 g/mol. The van der Waals surface area contributed by atoms with E-state index in [4.69, 9.17) is 0 Å². The number of benzene rings is 2. The van der Waals surface area contributed by atoms with Crippen molar-refractivity contribution in [2.45, 2.75) is 77.6 Å². The number of hydrogen-bond donors (Lipinski definition) is 2. The molecule has 148 valence electrons. The number of aromatic hydroxyl groups is 1. The van der Waals surface area contributed by atoms with Crippen LogP contribution in [0.1, 0.15) is 87.9 Å². The molecule has 0 atom stereocenters. The number of amides is 1. The van der Waals surface area contributed by atoms with Gasteiger partial charge in [0.2, 0.25) is 0 Å². The molecule has 2 N–H and O–H groups in total. The Morgan fingerprint density at radius 1 is 0.852 bits per heavy atom. The number of phenols is 1. The fourth-order valence-electron chi connectivity index (χ4n) is 3.56. The van der Waals surface area contributed by atoms with Gasteiger partial charge in [-0.15, -0.1) is 0 Å². The quantitative estimate of drug-likeness (QED) is 0.391. The Hall–Kier alpha value is -2.03. The highest BCUT2D eigenvalue weighted by Gasteiger charge is 2.09. The molecule has 0 bridgehead atoms. The third-order valence-corrected chi connectivity index (χ3v) is 5.17. The molecule has 0 unspecified atom stereocenters. The van der Waals surface area contributed by atoms with Crippen molar-refractivity contribution >= 4 is 16.7 Å². The summed E-state index contributed by atoms with van der Waals surface area (Å²) in [6.45, 7) is 2.99. The molecule has 0 aliphatic rings. The van der Waals surface area contributed by atoms with Crippen LogP contribution in [0, 0.1) is 0 Å². The Bertz CT molecular complexity index is 696. The van der Waals surface area contributed by atoms with E-state index in [1.165, 1.54) is 64.2 Å². The zero-order valence-corrected chi connectivity index (χ0v) is 16.8. The second-order valence-corrected chi connectivity index (χ2v) is 7.50. The zero-order valence-electron chi connectivity index (χ0n) is 16.8. The number of hydrogen-bond acceptors (Lipinski definition) is 2. The highest BCUT2D eigenvalue weighted by atomic mass is 16.3. The first-order valence-corrected chi connectivity index (χ1v) is 10.7.